The number of nitrogens with one attached hydrogen (secondary N) is 2. The Morgan fingerprint density at radius 1 is 1.09 bits per heavy atom. The van der Waals surface area contributed by atoms with Crippen LogP contribution in [0.3, 0.4) is 0 Å². The molecule has 0 aliphatic carbocycles. The van der Waals surface area contributed by atoms with Crippen LogP contribution in [0.25, 0.3) is 0 Å². The van der Waals surface area contributed by atoms with Gasteiger partial charge in [0.05, 0.1) is 36.0 Å². The van der Waals surface area contributed by atoms with E-state index in [9.17, 15) is 27.9 Å². The molecule has 0 saturated carbocycles. The number of hydrogen-bond donors (Lipinski definition) is 3. The van der Waals surface area contributed by atoms with E-state index in [0.29, 0.717) is 25.4 Å². The monoisotopic (exact) mass is 608 g/mol. The summed E-state index contributed by atoms with van der Waals surface area (Å²) in [6.07, 6.45) is -2.32. The van der Waals surface area contributed by atoms with Crippen LogP contribution >= 0.6 is 0 Å². The van der Waals surface area contributed by atoms with Gasteiger partial charge in [-0.3, -0.25) is 4.79 Å². The van der Waals surface area contributed by atoms with Crippen molar-refractivity contribution in [3.05, 3.63) is 53.6 Å². The van der Waals surface area contributed by atoms with Gasteiger partial charge in [-0.25, -0.2) is 4.79 Å². The summed E-state index contributed by atoms with van der Waals surface area (Å²) >= 11 is 0. The summed E-state index contributed by atoms with van der Waals surface area (Å²) < 4.78 is 51.1. The van der Waals surface area contributed by atoms with E-state index in [2.05, 4.69) is 10.6 Å². The molecule has 0 unspecified atom stereocenters. The van der Waals surface area contributed by atoms with E-state index in [1.807, 2.05) is 32.8 Å². The maximum Gasteiger partial charge on any atom is 0.416 e. The number of urea groups is 1. The first-order chi connectivity index (χ1) is 20.3. The first-order valence-corrected chi connectivity index (χ1v) is 14.5. The van der Waals surface area contributed by atoms with Crippen LogP contribution < -0.4 is 15.4 Å². The molecule has 0 fully saturated rings. The van der Waals surface area contributed by atoms with Gasteiger partial charge in [-0.15, -0.1) is 0 Å². The van der Waals surface area contributed by atoms with Crippen molar-refractivity contribution in [2.24, 2.45) is 5.92 Å². The van der Waals surface area contributed by atoms with E-state index in [1.165, 1.54) is 6.07 Å². The lowest BCUT2D eigenvalue weighted by molar-refractivity contribution is -0.137. The quantitative estimate of drug-likeness (QED) is 0.389. The molecule has 0 saturated heterocycles. The maximum absolute atomic E-state index is 14.1. The maximum atomic E-state index is 14.1. The van der Waals surface area contributed by atoms with Crippen molar-refractivity contribution in [2.45, 2.75) is 64.5 Å². The minimum absolute atomic E-state index is 0.0533. The number of ether oxygens (including phenoxy) is 2. The van der Waals surface area contributed by atoms with Crippen molar-refractivity contribution in [2.75, 3.05) is 51.0 Å². The lowest BCUT2D eigenvalue weighted by Gasteiger charge is -2.35. The fourth-order valence-corrected chi connectivity index (χ4v) is 4.86. The fraction of sp³-hybridized carbons (Fsp3) is 0.548. The number of alkyl halides is 3. The molecular weight excluding hydrogens is 565 g/mol. The molecule has 1 aliphatic rings. The van der Waals surface area contributed by atoms with Gasteiger partial charge in [0.15, 0.2) is 0 Å². The number of aliphatic hydroxyl groups is 1. The second kappa shape index (κ2) is 15.4. The van der Waals surface area contributed by atoms with E-state index in [1.54, 1.807) is 24.0 Å². The van der Waals surface area contributed by atoms with Gasteiger partial charge < -0.3 is 35.0 Å². The van der Waals surface area contributed by atoms with Gasteiger partial charge in [0.1, 0.15) is 5.75 Å². The lowest BCUT2D eigenvalue weighted by atomic mass is 10.0. The fourth-order valence-electron chi connectivity index (χ4n) is 4.86. The standard InChI is InChI=1S/C31H43F3N4O5/c1-20-17-38(21(2)19-39)29(40)26-16-25(36-30(41)35-24-11-9-23(10-12-24)31(32,33)34)13-14-27(26)43-22(3)8-6-7-15-42-28(20)18-37(4)5/h9-14,16,20-22,28,39H,6-8,15,17-19H2,1-5H3,(H2,35,36,41)/t20-,21-,22-,28-/m1/s1. The van der Waals surface area contributed by atoms with Gasteiger partial charge in [-0.1, -0.05) is 6.92 Å². The van der Waals surface area contributed by atoms with E-state index in [4.69, 9.17) is 9.47 Å². The lowest BCUT2D eigenvalue weighted by Crippen LogP contribution is -2.47. The average Bonchev–Trinajstić information content (AvgIpc) is 2.94. The number of nitrogens with zero attached hydrogens (tertiary/aromatic N) is 2. The largest absolute Gasteiger partial charge is 0.490 e. The third-order valence-corrected chi connectivity index (χ3v) is 7.32. The highest BCUT2D eigenvalue weighted by atomic mass is 19.4. The third-order valence-electron chi connectivity index (χ3n) is 7.32. The SMILES string of the molecule is C[C@@H]1CCCCO[C@H](CN(C)C)[C@H](C)CN([C@H](C)CO)C(=O)c2cc(NC(=O)Nc3ccc(C(F)(F)F)cc3)ccc2O1. The summed E-state index contributed by atoms with van der Waals surface area (Å²) in [6, 6.07) is 7.60. The van der Waals surface area contributed by atoms with Gasteiger partial charge in [-0.2, -0.15) is 13.2 Å². The summed E-state index contributed by atoms with van der Waals surface area (Å²) in [4.78, 5) is 30.4. The van der Waals surface area contributed by atoms with Gasteiger partial charge in [0.2, 0.25) is 0 Å². The summed E-state index contributed by atoms with van der Waals surface area (Å²) in [5, 5.41) is 15.2. The Morgan fingerprint density at radius 3 is 2.37 bits per heavy atom. The van der Waals surface area contributed by atoms with E-state index in [-0.39, 0.29) is 47.6 Å². The molecule has 1 heterocycles. The topological polar surface area (TPSA) is 103 Å². The van der Waals surface area contributed by atoms with Crippen molar-refractivity contribution >= 4 is 23.3 Å². The average molecular weight is 609 g/mol. The minimum Gasteiger partial charge on any atom is -0.490 e. The van der Waals surface area contributed by atoms with Gasteiger partial charge in [0.25, 0.3) is 5.91 Å². The molecule has 2 aromatic carbocycles. The van der Waals surface area contributed by atoms with Crippen molar-refractivity contribution < 1.29 is 37.3 Å². The van der Waals surface area contributed by atoms with Crippen molar-refractivity contribution in [3.63, 3.8) is 0 Å². The molecule has 4 atom stereocenters. The van der Waals surface area contributed by atoms with Crippen LogP contribution in [0.5, 0.6) is 5.75 Å². The Hall–Kier alpha value is -3.35. The molecule has 3 N–H and O–H groups in total. The number of rotatable bonds is 6. The molecule has 0 bridgehead atoms. The number of carbonyl (C=O) groups is 2. The highest BCUT2D eigenvalue weighted by molar-refractivity contribution is 6.02. The number of amides is 3. The van der Waals surface area contributed by atoms with Crippen LogP contribution in [0.2, 0.25) is 0 Å². The number of halogens is 3. The highest BCUT2D eigenvalue weighted by Crippen LogP contribution is 2.31. The number of hydrogen-bond acceptors (Lipinski definition) is 6. The zero-order chi connectivity index (χ0) is 31.7. The van der Waals surface area contributed by atoms with Crippen molar-refractivity contribution in [3.8, 4) is 5.75 Å². The van der Waals surface area contributed by atoms with E-state index < -0.39 is 23.8 Å². The molecule has 9 nitrogen and oxygen atoms in total. The zero-order valence-electron chi connectivity index (χ0n) is 25.4. The summed E-state index contributed by atoms with van der Waals surface area (Å²) in [5.41, 5.74) is -0.155. The Labute approximate surface area is 251 Å². The smallest absolute Gasteiger partial charge is 0.416 e. The number of benzene rings is 2. The Balaban J connectivity index is 1.90. The summed E-state index contributed by atoms with van der Waals surface area (Å²) in [7, 11) is 3.94. The molecule has 12 heteroatoms. The molecule has 0 spiro atoms. The molecule has 43 heavy (non-hydrogen) atoms. The predicted molar refractivity (Wildman–Crippen MR) is 160 cm³/mol. The first kappa shape index (κ1) is 34.1. The number of anilines is 2. The van der Waals surface area contributed by atoms with Crippen molar-refractivity contribution in [1.82, 2.24) is 9.80 Å². The molecule has 0 radical (unpaired) electrons. The molecule has 3 rings (SSSR count). The Kier molecular flexibility index (Phi) is 12.2. The number of likely N-dealkylation sites (N-methyl/N-ethyl adjacent to an activating group) is 1. The number of aliphatic hydroxyl groups excluding tert-OH is 1. The van der Waals surface area contributed by atoms with Crippen LogP contribution in [0.15, 0.2) is 42.5 Å². The zero-order valence-corrected chi connectivity index (χ0v) is 25.4. The number of carbonyl (C=O) groups excluding carboxylic acids is 2. The second-order valence-electron chi connectivity index (χ2n) is 11.4. The van der Waals surface area contributed by atoms with Crippen LogP contribution in [0.4, 0.5) is 29.3 Å². The third kappa shape index (κ3) is 10.1. The van der Waals surface area contributed by atoms with Crippen LogP contribution in [-0.2, 0) is 10.9 Å². The molecule has 2 aromatic rings. The Morgan fingerprint density at radius 2 is 1.74 bits per heavy atom. The van der Waals surface area contributed by atoms with Crippen LogP contribution in [-0.4, -0.2) is 85.5 Å². The van der Waals surface area contributed by atoms with Crippen LogP contribution in [0.1, 0.15) is 56.0 Å². The molecule has 3 amide bonds. The normalized spacial score (nSPS) is 21.4. The molecule has 238 valence electrons. The first-order valence-electron chi connectivity index (χ1n) is 14.5. The van der Waals surface area contributed by atoms with Gasteiger partial charge >= 0.3 is 12.2 Å². The van der Waals surface area contributed by atoms with E-state index in [0.717, 1.165) is 43.5 Å². The van der Waals surface area contributed by atoms with Gasteiger partial charge in [0, 0.05) is 37.0 Å². The van der Waals surface area contributed by atoms with Crippen molar-refractivity contribution in [1.29, 1.82) is 0 Å². The molecule has 0 aromatic heterocycles. The second-order valence-corrected chi connectivity index (χ2v) is 11.4. The summed E-state index contributed by atoms with van der Waals surface area (Å²) in [6.45, 7) is 7.05. The summed E-state index contributed by atoms with van der Waals surface area (Å²) in [5.74, 6) is -0.0717. The Bertz CT molecular complexity index is 1210. The highest BCUT2D eigenvalue weighted by Gasteiger charge is 2.31. The van der Waals surface area contributed by atoms with Crippen LogP contribution in [0, 0.1) is 5.92 Å². The van der Waals surface area contributed by atoms with Gasteiger partial charge in [-0.05, 0) is 89.7 Å². The molecular formula is C31H43F3N4O5. The predicted octanol–water partition coefficient (Wildman–Crippen LogP) is 5.71. The minimum atomic E-state index is -4.48. The van der Waals surface area contributed by atoms with E-state index >= 15 is 0 Å². The number of fused-ring (bicyclic) bond motifs is 1. The molecule has 1 aliphatic heterocycles.